The Labute approximate surface area is 130 Å². The standard InChI is InChI=1S/C16H18N2O3S/c17-12-6-11-16-21-15-10-5-4-9-14(15)18(22(16,19)20)13-7-2-1-3-8-13/h1-5,7-10,16H,6,11-12,17H2. The number of nitrogens with zero attached hydrogens (tertiary/aromatic N) is 1. The summed E-state index contributed by atoms with van der Waals surface area (Å²) in [4.78, 5) is 0. The Balaban J connectivity index is 2.12. The Hall–Kier alpha value is -2.05. The maximum atomic E-state index is 12.9. The van der Waals surface area contributed by atoms with Crippen LogP contribution in [0.2, 0.25) is 0 Å². The second-order valence-corrected chi connectivity index (χ2v) is 7.01. The predicted octanol–water partition coefficient (Wildman–Crippen LogP) is 2.61. The number of ether oxygens (including phenoxy) is 1. The molecule has 3 rings (SSSR count). The summed E-state index contributed by atoms with van der Waals surface area (Å²) in [5.41, 5.74) is 5.75. The number of para-hydroxylation sites is 3. The van der Waals surface area contributed by atoms with Crippen molar-refractivity contribution in [3.8, 4) is 5.75 Å². The number of fused-ring (bicyclic) bond motifs is 1. The number of nitrogens with two attached hydrogens (primary N) is 1. The number of benzene rings is 2. The molecule has 1 heterocycles. The summed E-state index contributed by atoms with van der Waals surface area (Å²) < 4.78 is 33.0. The smallest absolute Gasteiger partial charge is 0.277 e. The molecule has 0 saturated heterocycles. The maximum Gasteiger partial charge on any atom is 0.277 e. The maximum absolute atomic E-state index is 12.9. The molecule has 6 heteroatoms. The highest BCUT2D eigenvalue weighted by Gasteiger charge is 2.40. The molecule has 2 aromatic carbocycles. The van der Waals surface area contributed by atoms with Crippen LogP contribution >= 0.6 is 0 Å². The number of hydrogen-bond donors (Lipinski definition) is 1. The molecular weight excluding hydrogens is 300 g/mol. The largest absolute Gasteiger partial charge is 0.470 e. The normalized spacial score (nSPS) is 19.3. The molecule has 2 N–H and O–H groups in total. The van der Waals surface area contributed by atoms with Gasteiger partial charge in [0, 0.05) is 6.42 Å². The van der Waals surface area contributed by atoms with E-state index in [1.807, 2.05) is 24.3 Å². The minimum absolute atomic E-state index is 0.372. The zero-order valence-electron chi connectivity index (χ0n) is 12.1. The van der Waals surface area contributed by atoms with Gasteiger partial charge in [0.05, 0.1) is 11.4 Å². The molecular formula is C16H18N2O3S. The first-order chi connectivity index (χ1) is 10.6. The van der Waals surface area contributed by atoms with E-state index in [1.165, 1.54) is 4.31 Å². The summed E-state index contributed by atoms with van der Waals surface area (Å²) in [7, 11) is -3.65. The van der Waals surface area contributed by atoms with Crippen molar-refractivity contribution in [3.05, 3.63) is 54.6 Å². The third-order valence-corrected chi connectivity index (χ3v) is 5.48. The van der Waals surface area contributed by atoms with Crippen molar-refractivity contribution in [2.75, 3.05) is 10.8 Å². The fraction of sp³-hybridized carbons (Fsp3) is 0.250. The highest BCUT2D eigenvalue weighted by atomic mass is 32.2. The van der Waals surface area contributed by atoms with Gasteiger partial charge in [-0.15, -0.1) is 0 Å². The van der Waals surface area contributed by atoms with Crippen molar-refractivity contribution in [1.29, 1.82) is 0 Å². The molecule has 0 aromatic heterocycles. The van der Waals surface area contributed by atoms with Crippen molar-refractivity contribution < 1.29 is 13.2 Å². The van der Waals surface area contributed by atoms with Crippen molar-refractivity contribution in [3.63, 3.8) is 0 Å². The van der Waals surface area contributed by atoms with E-state index in [-0.39, 0.29) is 0 Å². The van der Waals surface area contributed by atoms with Crippen LogP contribution in [0.25, 0.3) is 0 Å². The minimum atomic E-state index is -3.65. The van der Waals surface area contributed by atoms with Crippen LogP contribution in [-0.4, -0.2) is 20.4 Å². The summed E-state index contributed by atoms with van der Waals surface area (Å²) in [5, 5.41) is 0. The second kappa shape index (κ2) is 5.98. The SMILES string of the molecule is NCCCC1Oc2ccccc2N(c2ccccc2)S1(=O)=O. The zero-order valence-corrected chi connectivity index (χ0v) is 12.9. The van der Waals surface area contributed by atoms with Gasteiger partial charge in [0.2, 0.25) is 5.44 Å². The topological polar surface area (TPSA) is 72.6 Å². The lowest BCUT2D eigenvalue weighted by molar-refractivity contribution is 0.255. The van der Waals surface area contributed by atoms with Crippen LogP contribution in [0.4, 0.5) is 11.4 Å². The minimum Gasteiger partial charge on any atom is -0.470 e. The second-order valence-electron chi connectivity index (χ2n) is 5.09. The highest BCUT2D eigenvalue weighted by Crippen LogP contribution is 2.42. The molecule has 1 atom stereocenters. The van der Waals surface area contributed by atoms with Gasteiger partial charge in [0.15, 0.2) is 0 Å². The van der Waals surface area contributed by atoms with Gasteiger partial charge in [0.1, 0.15) is 5.75 Å². The Morgan fingerprint density at radius 3 is 2.45 bits per heavy atom. The van der Waals surface area contributed by atoms with E-state index in [4.69, 9.17) is 10.5 Å². The summed E-state index contributed by atoms with van der Waals surface area (Å²) in [5.74, 6) is 0.572. The fourth-order valence-corrected chi connectivity index (χ4v) is 4.29. The molecule has 0 radical (unpaired) electrons. The van der Waals surface area contributed by atoms with Crippen molar-refractivity contribution in [2.45, 2.75) is 18.3 Å². The van der Waals surface area contributed by atoms with Crippen LogP contribution in [0, 0.1) is 0 Å². The molecule has 0 saturated carbocycles. The molecule has 0 spiro atoms. The van der Waals surface area contributed by atoms with Crippen molar-refractivity contribution >= 4 is 21.4 Å². The molecule has 2 aromatic rings. The third-order valence-electron chi connectivity index (χ3n) is 3.56. The molecule has 0 bridgehead atoms. The van der Waals surface area contributed by atoms with Crippen molar-refractivity contribution in [1.82, 2.24) is 0 Å². The van der Waals surface area contributed by atoms with E-state index in [2.05, 4.69) is 0 Å². The summed E-state index contributed by atoms with van der Waals surface area (Å²) in [6.07, 6.45) is 0.963. The van der Waals surface area contributed by atoms with Gasteiger partial charge in [-0.05, 0) is 37.2 Å². The molecule has 0 fully saturated rings. The van der Waals surface area contributed by atoms with Crippen LogP contribution in [0.15, 0.2) is 54.6 Å². The molecule has 1 aliphatic heterocycles. The van der Waals surface area contributed by atoms with E-state index in [0.29, 0.717) is 36.5 Å². The van der Waals surface area contributed by atoms with E-state index in [1.54, 1.807) is 30.3 Å². The molecule has 1 aliphatic rings. The summed E-state index contributed by atoms with van der Waals surface area (Å²) in [6.45, 7) is 0.433. The fourth-order valence-electron chi connectivity index (χ4n) is 2.52. The van der Waals surface area contributed by atoms with Gasteiger partial charge in [-0.2, -0.15) is 0 Å². The molecule has 116 valence electrons. The average molecular weight is 318 g/mol. The lowest BCUT2D eigenvalue weighted by Crippen LogP contribution is -2.43. The van der Waals surface area contributed by atoms with Crippen LogP contribution in [0.1, 0.15) is 12.8 Å². The van der Waals surface area contributed by atoms with Gasteiger partial charge >= 0.3 is 0 Å². The average Bonchev–Trinajstić information content (AvgIpc) is 2.53. The van der Waals surface area contributed by atoms with Gasteiger partial charge in [-0.3, -0.25) is 0 Å². The molecule has 0 amide bonds. The highest BCUT2D eigenvalue weighted by molar-refractivity contribution is 7.93. The third kappa shape index (κ3) is 2.55. The number of hydrogen-bond acceptors (Lipinski definition) is 4. The van der Waals surface area contributed by atoms with Gasteiger partial charge in [-0.1, -0.05) is 30.3 Å². The van der Waals surface area contributed by atoms with Crippen LogP contribution < -0.4 is 14.8 Å². The van der Waals surface area contributed by atoms with Gasteiger partial charge in [-0.25, -0.2) is 12.7 Å². The Bertz CT molecular complexity index is 747. The molecule has 5 nitrogen and oxygen atoms in total. The molecule has 22 heavy (non-hydrogen) atoms. The quantitative estimate of drug-likeness (QED) is 0.940. The number of rotatable bonds is 4. The molecule has 1 unspecified atom stereocenters. The first kappa shape index (κ1) is 14.9. The number of sulfonamides is 1. The van der Waals surface area contributed by atoms with E-state index in [9.17, 15) is 8.42 Å². The van der Waals surface area contributed by atoms with E-state index < -0.39 is 15.5 Å². The van der Waals surface area contributed by atoms with E-state index >= 15 is 0 Å². The van der Waals surface area contributed by atoms with Crippen LogP contribution in [0.5, 0.6) is 5.75 Å². The first-order valence-corrected chi connectivity index (χ1v) is 8.70. The summed E-state index contributed by atoms with van der Waals surface area (Å²) >= 11 is 0. The lowest BCUT2D eigenvalue weighted by Gasteiger charge is -2.35. The van der Waals surface area contributed by atoms with Crippen LogP contribution in [0.3, 0.4) is 0 Å². The summed E-state index contributed by atoms with van der Waals surface area (Å²) in [6, 6.07) is 16.2. The Morgan fingerprint density at radius 1 is 1.05 bits per heavy atom. The number of anilines is 2. The Morgan fingerprint density at radius 2 is 1.73 bits per heavy atom. The van der Waals surface area contributed by atoms with E-state index in [0.717, 1.165) is 0 Å². The first-order valence-electron chi connectivity index (χ1n) is 7.19. The lowest BCUT2D eigenvalue weighted by atomic mass is 10.2. The Kier molecular flexibility index (Phi) is 4.04. The van der Waals surface area contributed by atoms with Crippen molar-refractivity contribution in [2.24, 2.45) is 5.73 Å². The zero-order chi connectivity index (χ0) is 15.6. The van der Waals surface area contributed by atoms with Gasteiger partial charge < -0.3 is 10.5 Å². The van der Waals surface area contributed by atoms with Gasteiger partial charge in [0.25, 0.3) is 10.0 Å². The monoisotopic (exact) mass is 318 g/mol. The predicted molar refractivity (Wildman–Crippen MR) is 86.6 cm³/mol. The molecule has 0 aliphatic carbocycles. The van der Waals surface area contributed by atoms with Crippen LogP contribution in [-0.2, 0) is 10.0 Å².